The van der Waals surface area contributed by atoms with Crippen LogP contribution in [0.1, 0.15) is 170 Å². The second kappa shape index (κ2) is 23.8. The zero-order chi connectivity index (χ0) is 56.8. The number of rotatable bonds is 12. The van der Waals surface area contributed by atoms with E-state index in [-0.39, 0.29) is 40.3 Å². The van der Waals surface area contributed by atoms with E-state index in [0.717, 1.165) is 140 Å². The molecule has 3 aliphatic carbocycles. The van der Waals surface area contributed by atoms with Crippen molar-refractivity contribution in [3.8, 4) is 16.1 Å². The molecule has 6 heterocycles. The van der Waals surface area contributed by atoms with Crippen molar-refractivity contribution in [3.63, 3.8) is 0 Å². The highest BCUT2D eigenvalue weighted by atomic mass is 79.9. The number of nitrogens with zero attached hydrogens (tertiary/aromatic N) is 7. The van der Waals surface area contributed by atoms with Crippen LogP contribution < -0.4 is 22.5 Å². The van der Waals surface area contributed by atoms with E-state index >= 15 is 0 Å². The smallest absolute Gasteiger partial charge is 0.281 e. The molecular formula is C65H85BrN10O4S. The summed E-state index contributed by atoms with van der Waals surface area (Å²) >= 11 is 5.30. The Labute approximate surface area is 491 Å². The van der Waals surface area contributed by atoms with Gasteiger partial charge in [-0.3, -0.25) is 23.9 Å². The number of hydrazine groups is 1. The standard InChI is InChI=1S/C54H64BrN7O3S.C11H21N3O/c1-35-48(66-34-56-35)39-13-11-38(12-14-39)47(57-49(63)44-10-7-27-59(44)2)51(65)61-30-25-53(26-31-61)23-17-36(18-24-53)33-60-28-19-37(20-29-60)40-15-16-41-45(32-40)62-43-9-6-8-42(55)46(43)50(64)58-52(62)54(41)21-4-3-5-22-54;1-11(2,3)10(7-15)14(13)6-9(12)8-4-5-8/h6,8-9,11-16,32,34,36-37,44,47H,3-5,7,10,17-31,33H2,1-2H3,(H,57,63);6-8,10H,4-5,12-13H2,1-3H3/b;9-6-. The third kappa shape index (κ3) is 11.8. The number of thiazole rings is 1. The maximum absolute atomic E-state index is 14.5. The fourth-order valence-corrected chi connectivity index (χ4v) is 16.1. The monoisotopic (exact) mass is 1180 g/mol. The molecule has 7 aliphatic rings. The molecule has 81 heavy (non-hydrogen) atoms. The third-order valence-electron chi connectivity index (χ3n) is 19.9. The van der Waals surface area contributed by atoms with E-state index in [4.69, 9.17) is 16.6 Å². The number of aromatic nitrogens is 3. The number of piperidine rings is 2. The predicted octanol–water partition coefficient (Wildman–Crippen LogP) is 11.1. The molecule has 3 saturated carbocycles. The van der Waals surface area contributed by atoms with E-state index < -0.39 is 6.04 Å². The van der Waals surface area contributed by atoms with Crippen molar-refractivity contribution in [2.45, 2.75) is 166 Å². The molecular weight excluding hydrogens is 1100 g/mol. The van der Waals surface area contributed by atoms with E-state index in [0.29, 0.717) is 22.6 Å². The van der Waals surface area contributed by atoms with Crippen LogP contribution in [0.3, 0.4) is 0 Å². The first-order valence-corrected chi connectivity index (χ1v) is 32.0. The van der Waals surface area contributed by atoms with Crippen LogP contribution in [0.5, 0.6) is 0 Å². The number of fused-ring (bicyclic) bond motifs is 7. The van der Waals surface area contributed by atoms with Gasteiger partial charge in [-0.25, -0.2) is 10.8 Å². The Morgan fingerprint density at radius 1 is 0.889 bits per heavy atom. The van der Waals surface area contributed by atoms with Gasteiger partial charge in [-0.1, -0.05) is 82.5 Å². The third-order valence-corrected chi connectivity index (χ3v) is 21.6. The van der Waals surface area contributed by atoms with Crippen LogP contribution in [0.25, 0.3) is 27.0 Å². The zero-order valence-corrected chi connectivity index (χ0v) is 50.8. The van der Waals surface area contributed by atoms with Gasteiger partial charge in [-0.15, -0.1) is 11.3 Å². The van der Waals surface area contributed by atoms with Gasteiger partial charge in [0.05, 0.1) is 44.1 Å². The molecule has 3 atom stereocenters. The van der Waals surface area contributed by atoms with E-state index in [1.54, 1.807) is 17.5 Å². The Morgan fingerprint density at radius 3 is 2.23 bits per heavy atom. The fraction of sp³-hybridized carbons (Fsp3) is 0.569. The molecule has 3 unspecified atom stereocenters. The summed E-state index contributed by atoms with van der Waals surface area (Å²) in [6, 6.07) is 20.3. The lowest BCUT2D eigenvalue weighted by Crippen LogP contribution is -2.51. The number of benzene rings is 3. The van der Waals surface area contributed by atoms with E-state index in [9.17, 15) is 19.2 Å². The Morgan fingerprint density at radius 2 is 1.60 bits per heavy atom. The van der Waals surface area contributed by atoms with Crippen molar-refractivity contribution in [1.29, 1.82) is 0 Å². The lowest BCUT2D eigenvalue weighted by atomic mass is 9.65. The summed E-state index contributed by atoms with van der Waals surface area (Å²) in [5.41, 5.74) is 16.2. The van der Waals surface area contributed by atoms with Gasteiger partial charge in [-0.05, 0) is 203 Å². The van der Waals surface area contributed by atoms with Crippen LogP contribution >= 0.6 is 27.3 Å². The number of amides is 2. The molecule has 3 aromatic carbocycles. The van der Waals surface area contributed by atoms with Gasteiger partial charge < -0.3 is 30.7 Å². The molecule has 0 bridgehead atoms. The normalized spacial score (nSPS) is 22.2. The van der Waals surface area contributed by atoms with Crippen LogP contribution in [-0.2, 0) is 19.8 Å². The minimum absolute atomic E-state index is 0.0193. The van der Waals surface area contributed by atoms with Crippen LogP contribution in [0.4, 0.5) is 0 Å². The summed E-state index contributed by atoms with van der Waals surface area (Å²) in [5, 5.41) is 5.33. The van der Waals surface area contributed by atoms with Crippen molar-refractivity contribution in [3.05, 3.63) is 121 Å². The number of nitrogens with two attached hydrogens (primary N) is 2. The molecule has 4 aliphatic heterocycles. The quantitative estimate of drug-likeness (QED) is 0.0616. The van der Waals surface area contributed by atoms with Crippen molar-refractivity contribution in [2.24, 2.45) is 34.2 Å². The van der Waals surface area contributed by atoms with Crippen molar-refractivity contribution < 1.29 is 14.4 Å². The fourth-order valence-electron chi connectivity index (χ4n) is 14.8. The first kappa shape index (κ1) is 57.6. The van der Waals surface area contributed by atoms with Gasteiger partial charge in [0.15, 0.2) is 0 Å². The molecule has 5 aromatic rings. The number of nitrogens with one attached hydrogen (secondary N) is 1. The molecule has 2 aromatic heterocycles. The molecule has 6 fully saturated rings. The van der Waals surface area contributed by atoms with Gasteiger partial charge in [0.1, 0.15) is 24.2 Å². The summed E-state index contributed by atoms with van der Waals surface area (Å²) in [6.07, 6.45) is 21.8. The highest BCUT2D eigenvalue weighted by Crippen LogP contribution is 2.53. The maximum Gasteiger partial charge on any atom is 0.281 e. The summed E-state index contributed by atoms with van der Waals surface area (Å²) in [7, 11) is 2.01. The van der Waals surface area contributed by atoms with Gasteiger partial charge in [0.25, 0.3) is 5.56 Å². The first-order valence-electron chi connectivity index (χ1n) is 30.3. The van der Waals surface area contributed by atoms with E-state index in [2.05, 4.69) is 77.0 Å². The maximum atomic E-state index is 14.5. The number of allylic oxidation sites excluding steroid dienone is 1. The number of carbonyl (C=O) groups excluding carboxylic acids is 3. The Balaban J connectivity index is 0.000000401. The average Bonchev–Trinajstić information content (AvgIpc) is 4.19. The van der Waals surface area contributed by atoms with Crippen LogP contribution in [0, 0.1) is 29.6 Å². The predicted molar refractivity (Wildman–Crippen MR) is 327 cm³/mol. The minimum atomic E-state index is -0.697. The molecule has 14 nitrogen and oxygen atoms in total. The van der Waals surface area contributed by atoms with Gasteiger partial charge in [0.2, 0.25) is 11.8 Å². The highest BCUT2D eigenvalue weighted by Gasteiger charge is 2.47. The zero-order valence-electron chi connectivity index (χ0n) is 48.4. The second-order valence-electron chi connectivity index (χ2n) is 26.2. The van der Waals surface area contributed by atoms with Crippen molar-refractivity contribution in [1.82, 2.24) is 39.6 Å². The van der Waals surface area contributed by atoms with Crippen LogP contribution in [-0.4, -0.2) is 111 Å². The number of hydrogen-bond donors (Lipinski definition) is 3. The average molecular weight is 1180 g/mol. The highest BCUT2D eigenvalue weighted by molar-refractivity contribution is 9.10. The molecule has 16 heteroatoms. The second-order valence-corrected chi connectivity index (χ2v) is 27.9. The molecule has 2 spiro atoms. The van der Waals surface area contributed by atoms with Gasteiger partial charge in [-0.2, -0.15) is 4.98 Å². The lowest BCUT2D eigenvalue weighted by Gasteiger charge is -2.47. The largest absolute Gasteiger partial charge is 0.401 e. The number of likely N-dealkylation sites (N-methyl/N-ethyl adjacent to an activating group) is 1. The Bertz CT molecular complexity index is 3190. The van der Waals surface area contributed by atoms with E-state index in [1.165, 1.54) is 86.2 Å². The topological polar surface area (TPSA) is 176 Å². The van der Waals surface area contributed by atoms with Crippen LogP contribution in [0.15, 0.2) is 87.3 Å². The van der Waals surface area contributed by atoms with Gasteiger partial charge in [0, 0.05) is 41.9 Å². The number of likely N-dealkylation sites (tertiary alicyclic amines) is 3. The van der Waals surface area contributed by atoms with E-state index in [1.807, 2.05) is 69.4 Å². The lowest BCUT2D eigenvalue weighted by molar-refractivity contribution is -0.140. The number of carbonyl (C=O) groups is 3. The number of aldehydes is 1. The molecule has 5 N–H and O–H groups in total. The van der Waals surface area contributed by atoms with Crippen LogP contribution in [0.2, 0.25) is 0 Å². The number of hydrogen-bond acceptors (Lipinski definition) is 12. The number of aryl methyl sites for hydroxylation is 1. The molecule has 3 saturated heterocycles. The van der Waals surface area contributed by atoms with Crippen molar-refractivity contribution in [2.75, 3.05) is 46.3 Å². The molecule has 432 valence electrons. The summed E-state index contributed by atoms with van der Waals surface area (Å²) in [6.45, 7) is 13.8. The Kier molecular flexibility index (Phi) is 16.9. The Hall–Kier alpha value is -5.26. The minimum Gasteiger partial charge on any atom is -0.401 e. The molecule has 2 amide bonds. The summed E-state index contributed by atoms with van der Waals surface area (Å²) in [5.74, 6) is 8.48. The summed E-state index contributed by atoms with van der Waals surface area (Å²) < 4.78 is 3.16. The molecule has 0 radical (unpaired) electrons. The summed E-state index contributed by atoms with van der Waals surface area (Å²) in [4.78, 5) is 69.9. The van der Waals surface area contributed by atoms with Gasteiger partial charge >= 0.3 is 0 Å². The first-order chi connectivity index (χ1) is 39.0. The SMILES string of the molecule is CC(C)(C)C(C=O)N(N)/C=C(\N)C1CC1.Cc1ncsc1-c1ccc(C(NC(=O)C2CCCN2C)C(=O)N2CCC3(CCC(CN4CCC(c5ccc6c(c5)-n5c(nc(=O)c7c(Br)cccc75)C65CCCCC5)CC4)CC3)CC2)cc1. The molecule has 12 rings (SSSR count). The number of halogens is 1. The van der Waals surface area contributed by atoms with Crippen molar-refractivity contribution >= 4 is 56.3 Å².